The van der Waals surface area contributed by atoms with E-state index in [0.29, 0.717) is 23.6 Å². The number of methoxy groups -OCH3 is 4. The van der Waals surface area contributed by atoms with Crippen LogP contribution in [0.25, 0.3) is 0 Å². The first kappa shape index (κ1) is 48.3. The Morgan fingerprint density at radius 2 is 0.873 bits per heavy atom. The number of aliphatic hydroxyl groups is 1. The van der Waals surface area contributed by atoms with Gasteiger partial charge in [0.25, 0.3) is 20.0 Å². The largest absolute Gasteiger partial charge is 0.497 e. The normalized spacial score (nSPS) is 11.8. The molecule has 0 aliphatic heterocycles. The monoisotopic (exact) mass is 902 g/mol. The van der Waals surface area contributed by atoms with Gasteiger partial charge < -0.3 is 24.1 Å². The summed E-state index contributed by atoms with van der Waals surface area (Å²) < 4.78 is 81.2. The summed E-state index contributed by atoms with van der Waals surface area (Å²) in [5.41, 5.74) is 4.05. The molecule has 2 heterocycles. The van der Waals surface area contributed by atoms with E-state index in [9.17, 15) is 21.9 Å². The lowest BCUT2D eigenvalue weighted by molar-refractivity contribution is 0.294. The zero-order chi connectivity index (χ0) is 45.7. The van der Waals surface area contributed by atoms with Gasteiger partial charge in [-0.1, -0.05) is 48.5 Å². The molecule has 0 saturated carbocycles. The summed E-state index contributed by atoms with van der Waals surface area (Å²) in [4.78, 5) is 0. The van der Waals surface area contributed by atoms with Crippen molar-refractivity contribution in [2.75, 3.05) is 35.0 Å². The molecule has 0 aliphatic carbocycles. The number of nitrogens with zero attached hydrogens (tertiary/aromatic N) is 6. The molecule has 0 fully saturated rings. The molecular weight excluding hydrogens is 845 g/mol. The van der Waals surface area contributed by atoms with Crippen molar-refractivity contribution >= 4 is 20.0 Å². The first-order chi connectivity index (χ1) is 30.1. The summed E-state index contributed by atoms with van der Waals surface area (Å²) in [5, 5.41) is 18.1. The van der Waals surface area contributed by atoms with Crippen molar-refractivity contribution in [2.45, 2.75) is 82.4 Å². The van der Waals surface area contributed by atoms with Gasteiger partial charge in [0.2, 0.25) is 0 Å². The van der Waals surface area contributed by atoms with E-state index in [0.717, 1.165) is 33.8 Å². The Morgan fingerprint density at radius 1 is 0.524 bits per heavy atom. The maximum atomic E-state index is 13.7. The summed E-state index contributed by atoms with van der Waals surface area (Å²) in [6.07, 6.45) is 2.02. The third-order valence-corrected chi connectivity index (χ3v) is 13.4. The molecule has 15 nitrogen and oxygen atoms in total. The average molecular weight is 903 g/mol. The molecule has 0 saturated heterocycles. The predicted octanol–water partition coefficient (Wildman–Crippen LogP) is 7.28. The lowest BCUT2D eigenvalue weighted by Gasteiger charge is -2.22. The van der Waals surface area contributed by atoms with Crippen LogP contribution < -0.4 is 18.9 Å². The summed E-state index contributed by atoms with van der Waals surface area (Å²) in [6.45, 7) is 8.45. The van der Waals surface area contributed by atoms with E-state index < -0.39 is 20.0 Å². The van der Waals surface area contributed by atoms with Gasteiger partial charge >= 0.3 is 0 Å². The summed E-state index contributed by atoms with van der Waals surface area (Å²) in [6, 6.07) is 32.5. The van der Waals surface area contributed by atoms with Crippen LogP contribution in [0.5, 0.6) is 23.0 Å². The van der Waals surface area contributed by atoms with Gasteiger partial charge in [-0.25, -0.2) is 16.8 Å². The number of benzene rings is 4. The molecule has 0 atom stereocenters. The van der Waals surface area contributed by atoms with Crippen molar-refractivity contribution in [3.8, 4) is 23.0 Å². The van der Waals surface area contributed by atoms with Gasteiger partial charge in [0.05, 0.1) is 28.4 Å². The highest BCUT2D eigenvalue weighted by molar-refractivity contribution is 7.89. The minimum absolute atomic E-state index is 0.0262. The van der Waals surface area contributed by atoms with Gasteiger partial charge in [-0.05, 0) is 111 Å². The summed E-state index contributed by atoms with van der Waals surface area (Å²) in [7, 11) is -1.36. The van der Waals surface area contributed by atoms with Crippen molar-refractivity contribution in [2.24, 2.45) is 0 Å². The van der Waals surface area contributed by atoms with E-state index in [1.807, 2.05) is 100 Å². The molecule has 1 N–H and O–H groups in total. The molecule has 4 aromatic carbocycles. The van der Waals surface area contributed by atoms with Crippen LogP contribution in [0.4, 0.5) is 0 Å². The second-order valence-corrected chi connectivity index (χ2v) is 18.9. The SMILES string of the molecule is COc1ccc(CN(Cc2ccc(OC)cc2)S(=O)(=O)c2cc(CCO)n(C(C)C)n2)cc1.COc1ccc(CN(Cc2ccc(OC)cc2)S(=O)(=O)c2ccn(C(C)C)n2)cc1. The van der Waals surface area contributed by atoms with E-state index in [1.165, 1.54) is 8.61 Å². The van der Waals surface area contributed by atoms with Crippen LogP contribution in [0.1, 0.15) is 67.7 Å². The molecule has 0 amide bonds. The van der Waals surface area contributed by atoms with Crippen LogP contribution >= 0.6 is 0 Å². The molecule has 0 unspecified atom stereocenters. The third kappa shape index (κ3) is 12.7. The quantitative estimate of drug-likeness (QED) is 0.0818. The van der Waals surface area contributed by atoms with Crippen LogP contribution in [0, 0.1) is 0 Å². The third-order valence-electron chi connectivity index (χ3n) is 10.0. The van der Waals surface area contributed by atoms with Gasteiger partial charge in [-0.3, -0.25) is 9.36 Å². The van der Waals surface area contributed by atoms with Crippen LogP contribution in [-0.4, -0.2) is 85.2 Å². The zero-order valence-corrected chi connectivity index (χ0v) is 38.7. The van der Waals surface area contributed by atoms with Gasteiger partial charge in [0, 0.05) is 63.2 Å². The Morgan fingerprint density at radius 3 is 1.16 bits per heavy atom. The second-order valence-electron chi connectivity index (χ2n) is 15.2. The standard InChI is InChI=1S/C24H31N3O5S.C22H27N3O4S/c1-18(2)27-21(13-14-28)15-24(25-27)33(29,30)26(16-19-5-9-22(31-3)10-6-19)17-20-7-11-23(32-4)12-8-20;1-17(2)25-14-13-22(23-25)30(26,27)24(15-18-5-9-20(28-3)10-6-18)16-19-7-11-21(29-4)12-8-19/h5-12,15,18,28H,13-14,16-17H2,1-4H3;5-14,17H,15-16H2,1-4H3. The Kier molecular flexibility index (Phi) is 16.9. The van der Waals surface area contributed by atoms with Crippen molar-refractivity contribution < 1.29 is 40.9 Å². The van der Waals surface area contributed by atoms with E-state index in [4.69, 9.17) is 18.9 Å². The number of aliphatic hydroxyl groups excluding tert-OH is 1. The van der Waals surface area contributed by atoms with Crippen molar-refractivity contribution in [1.29, 1.82) is 0 Å². The van der Waals surface area contributed by atoms with Gasteiger partial charge in [-0.15, -0.1) is 0 Å². The number of sulfonamides is 2. The molecule has 2 aromatic heterocycles. The Bertz CT molecular complexity index is 2460. The average Bonchev–Trinajstić information content (AvgIpc) is 3.98. The highest BCUT2D eigenvalue weighted by Crippen LogP contribution is 2.26. The number of hydrogen-bond acceptors (Lipinski definition) is 11. The Labute approximate surface area is 371 Å². The summed E-state index contributed by atoms with van der Waals surface area (Å²) in [5.74, 6) is 2.85. The topological polar surface area (TPSA) is 168 Å². The first-order valence-corrected chi connectivity index (χ1v) is 23.3. The van der Waals surface area contributed by atoms with Crippen molar-refractivity contribution in [3.05, 3.63) is 143 Å². The molecule has 63 heavy (non-hydrogen) atoms. The number of hydrogen-bond donors (Lipinski definition) is 1. The number of rotatable bonds is 20. The van der Waals surface area contributed by atoms with Gasteiger partial charge in [0.15, 0.2) is 10.1 Å². The van der Waals surface area contributed by atoms with Crippen LogP contribution in [0.15, 0.2) is 125 Å². The molecule has 338 valence electrons. The number of aromatic nitrogens is 4. The fraction of sp³-hybridized carbons (Fsp3) is 0.348. The van der Waals surface area contributed by atoms with Crippen molar-refractivity contribution in [1.82, 2.24) is 28.2 Å². The Hall–Kier alpha value is -5.72. The molecule has 0 radical (unpaired) electrons. The molecule has 17 heteroatoms. The minimum Gasteiger partial charge on any atom is -0.497 e. The smallest absolute Gasteiger partial charge is 0.262 e. The lowest BCUT2D eigenvalue weighted by atomic mass is 10.2. The fourth-order valence-corrected chi connectivity index (χ4v) is 9.19. The van der Waals surface area contributed by atoms with Gasteiger partial charge in [0.1, 0.15) is 23.0 Å². The lowest BCUT2D eigenvalue weighted by Crippen LogP contribution is -2.30. The maximum absolute atomic E-state index is 13.7. The first-order valence-electron chi connectivity index (χ1n) is 20.4. The fourth-order valence-electron chi connectivity index (χ4n) is 6.48. The van der Waals surface area contributed by atoms with Crippen molar-refractivity contribution in [3.63, 3.8) is 0 Å². The predicted molar refractivity (Wildman–Crippen MR) is 241 cm³/mol. The minimum atomic E-state index is -3.93. The highest BCUT2D eigenvalue weighted by Gasteiger charge is 2.30. The van der Waals surface area contributed by atoms with E-state index in [1.54, 1.807) is 80.4 Å². The van der Waals surface area contributed by atoms with Gasteiger partial charge in [-0.2, -0.15) is 18.8 Å². The molecular formula is C46H58N6O9S2. The number of ether oxygens (including phenoxy) is 4. The molecule has 6 aromatic rings. The van der Waals surface area contributed by atoms with Crippen LogP contribution in [-0.2, 0) is 52.6 Å². The highest BCUT2D eigenvalue weighted by atomic mass is 32.2. The maximum Gasteiger partial charge on any atom is 0.262 e. The molecule has 0 bridgehead atoms. The zero-order valence-electron chi connectivity index (χ0n) is 37.1. The molecule has 0 spiro atoms. The van der Waals surface area contributed by atoms with E-state index >= 15 is 0 Å². The Balaban J connectivity index is 0.000000239. The second kappa shape index (κ2) is 22.1. The van der Waals surface area contributed by atoms with Crippen LogP contribution in [0.3, 0.4) is 0 Å². The van der Waals surface area contributed by atoms with Crippen LogP contribution in [0.2, 0.25) is 0 Å². The molecule has 0 aliphatic rings. The summed E-state index contributed by atoms with van der Waals surface area (Å²) >= 11 is 0. The molecule has 6 rings (SSSR count). The van der Waals surface area contributed by atoms with E-state index in [2.05, 4.69) is 10.2 Å². The van der Waals surface area contributed by atoms with E-state index in [-0.39, 0.29) is 54.9 Å².